The van der Waals surface area contributed by atoms with Crippen LogP contribution in [0.5, 0.6) is 5.75 Å². The van der Waals surface area contributed by atoms with Crippen molar-refractivity contribution in [2.45, 2.75) is 74.5 Å². The number of rotatable bonds is 16. The average molecular weight is 1300 g/mol. The molecule has 1 fully saturated rings. The monoisotopic (exact) mass is 1300 g/mol. The van der Waals surface area contributed by atoms with Gasteiger partial charge in [0, 0.05) is 31.6 Å². The van der Waals surface area contributed by atoms with Gasteiger partial charge in [0.25, 0.3) is 17.0 Å². The van der Waals surface area contributed by atoms with Gasteiger partial charge in [0.15, 0.2) is 5.56 Å². The largest absolute Gasteiger partial charge is 0.506 e. The zero-order valence-electron chi connectivity index (χ0n) is 50.6. The highest BCUT2D eigenvalue weighted by atomic mass is 32.1. The number of aromatic hydroxyl groups is 1. The molecule has 90 heavy (non-hydrogen) atoms. The summed E-state index contributed by atoms with van der Waals surface area (Å²) in [6.07, 6.45) is -0.290. The van der Waals surface area contributed by atoms with Crippen LogP contribution in [-0.2, 0) is 48.2 Å². The minimum atomic E-state index is -0.797. The molecule has 10 aromatic rings. The van der Waals surface area contributed by atoms with E-state index < -0.39 is 40.8 Å². The van der Waals surface area contributed by atoms with Crippen LogP contribution in [0.15, 0.2) is 148 Å². The molecule has 0 unspecified atom stereocenters. The molecule has 0 radical (unpaired) electrons. The van der Waals surface area contributed by atoms with Crippen LogP contribution in [0.2, 0.25) is 0 Å². The number of ether oxygens (including phenoxy) is 4. The van der Waals surface area contributed by atoms with Crippen LogP contribution in [0.25, 0.3) is 30.6 Å². The molecule has 0 aliphatic carbocycles. The van der Waals surface area contributed by atoms with Gasteiger partial charge in [-0.2, -0.15) is 0 Å². The van der Waals surface area contributed by atoms with E-state index in [1.807, 2.05) is 150 Å². The SMILES string of the molecule is CCOC(=O)CC(=O)OCC.CCOC(=O)c1c(N2CCN(C(=O)c3cccs3)CC2)c2c(C)csc2n(Cc2ccccc2)c1=O.CCOC(=O)c1c(O)c2c(C)csc2n(Cc2ccccc2)c1=O.Cc1csc2c1c(=O)oc(=O)n2Cc1ccccc1. The number of amides is 1. The van der Waals surface area contributed by atoms with E-state index in [1.54, 1.807) is 32.3 Å². The Hall–Kier alpha value is -9.23. The van der Waals surface area contributed by atoms with Gasteiger partial charge in [0.2, 0.25) is 0 Å². The van der Waals surface area contributed by atoms with E-state index in [0.717, 1.165) is 48.5 Å². The Kier molecular flexibility index (Phi) is 23.2. The Morgan fingerprint density at radius 2 is 0.922 bits per heavy atom. The van der Waals surface area contributed by atoms with Crippen LogP contribution < -0.4 is 27.4 Å². The van der Waals surface area contributed by atoms with Gasteiger partial charge in [-0.3, -0.25) is 37.7 Å². The Morgan fingerprint density at radius 1 is 0.500 bits per heavy atom. The van der Waals surface area contributed by atoms with Crippen molar-refractivity contribution in [1.29, 1.82) is 0 Å². The summed E-state index contributed by atoms with van der Waals surface area (Å²) in [4.78, 5) is 117. The van der Waals surface area contributed by atoms with Gasteiger partial charge in [-0.25, -0.2) is 19.2 Å². The van der Waals surface area contributed by atoms with Crippen molar-refractivity contribution in [3.8, 4) is 5.75 Å². The van der Waals surface area contributed by atoms with Crippen molar-refractivity contribution in [3.05, 3.63) is 216 Å². The Labute approximate surface area is 532 Å². The van der Waals surface area contributed by atoms with E-state index in [9.17, 15) is 48.3 Å². The molecule has 1 amide bonds. The van der Waals surface area contributed by atoms with Crippen LogP contribution in [0.1, 0.15) is 97.9 Å². The van der Waals surface area contributed by atoms with Gasteiger partial charge in [0.1, 0.15) is 32.2 Å². The number of fused-ring (bicyclic) bond motifs is 3. The molecule has 24 heteroatoms. The van der Waals surface area contributed by atoms with Gasteiger partial charge < -0.3 is 38.3 Å². The zero-order valence-corrected chi connectivity index (χ0v) is 53.9. The number of hydrogen-bond acceptors (Lipinski definition) is 20. The summed E-state index contributed by atoms with van der Waals surface area (Å²) in [5.74, 6) is -3.36. The lowest BCUT2D eigenvalue weighted by Gasteiger charge is -2.37. The minimum absolute atomic E-state index is 0.0189. The molecule has 11 rings (SSSR count). The van der Waals surface area contributed by atoms with Gasteiger partial charge >= 0.3 is 35.3 Å². The van der Waals surface area contributed by atoms with Gasteiger partial charge in [-0.15, -0.1) is 45.3 Å². The minimum Gasteiger partial charge on any atom is -0.506 e. The van der Waals surface area contributed by atoms with Gasteiger partial charge in [0.05, 0.1) is 67.4 Å². The number of nitrogens with zero attached hydrogens (tertiary/aromatic N) is 5. The molecule has 0 bridgehead atoms. The predicted molar refractivity (Wildman–Crippen MR) is 352 cm³/mol. The molecular weight excluding hydrogens is 1230 g/mol. The summed E-state index contributed by atoms with van der Waals surface area (Å²) in [6, 6.07) is 32.6. The normalized spacial score (nSPS) is 11.9. The Bertz CT molecular complexity index is 4390. The van der Waals surface area contributed by atoms with Crippen molar-refractivity contribution < 1.29 is 52.4 Å². The first-order valence-electron chi connectivity index (χ1n) is 28.9. The standard InChI is InChI=1S/C27H27N3O4S2.C18H17NO4S.C14H11NO3S.C7H12O4/c1-3-34-27(33)22-23(28-11-13-29(14-12-28)24(31)20-10-7-15-35-20)21-18(2)17-36-26(21)30(25(22)32)16-19-8-5-4-6-9-19;1-3-23-18(22)14-15(20)13-11(2)10-24-17(13)19(16(14)21)9-12-7-5-4-6-8-12;1-9-8-19-12-11(9)13(16)18-14(17)15(12)7-10-5-3-2-4-6-10;1-3-10-6(8)5-7(9)11-4-2/h4-10,15,17H,3,11-14,16H2,1-2H3;4-8,10,20H,3,9H2,1-2H3;2-6,8H,7H2,1H3;3-5H2,1-2H3. The summed E-state index contributed by atoms with van der Waals surface area (Å²) in [6.45, 7) is 16.5. The first kappa shape index (κ1) is 66.7. The lowest BCUT2D eigenvalue weighted by atomic mass is 10.1. The molecule has 8 heterocycles. The highest BCUT2D eigenvalue weighted by Gasteiger charge is 2.32. The molecule has 0 atom stereocenters. The maximum absolute atomic E-state index is 13.9. The molecule has 7 aromatic heterocycles. The number of anilines is 1. The van der Waals surface area contributed by atoms with Crippen LogP contribution >= 0.6 is 45.3 Å². The zero-order chi connectivity index (χ0) is 64.6. The number of hydrogen-bond donors (Lipinski definition) is 1. The summed E-state index contributed by atoms with van der Waals surface area (Å²) in [7, 11) is 0. The first-order chi connectivity index (χ1) is 43.4. The Morgan fingerprint density at radius 3 is 1.39 bits per heavy atom. The number of pyridine rings is 2. The molecular formula is C66H67N5O15S4. The number of piperazine rings is 1. The smallest absolute Gasteiger partial charge is 0.423 e. The van der Waals surface area contributed by atoms with Crippen molar-refractivity contribution in [3.63, 3.8) is 0 Å². The molecule has 0 saturated carbocycles. The quantitative estimate of drug-likeness (QED) is 0.0537. The van der Waals surface area contributed by atoms with Gasteiger partial charge in [-0.05, 0) is 109 Å². The highest BCUT2D eigenvalue weighted by molar-refractivity contribution is 7.17. The molecule has 1 aliphatic rings. The number of aryl methyl sites for hydroxylation is 3. The fourth-order valence-corrected chi connectivity index (χ4v) is 13.8. The first-order valence-corrected chi connectivity index (χ1v) is 32.4. The fraction of sp³-hybridized carbons (Fsp3) is 0.288. The molecule has 1 saturated heterocycles. The van der Waals surface area contributed by atoms with Crippen molar-refractivity contribution in [2.24, 2.45) is 0 Å². The van der Waals surface area contributed by atoms with Crippen LogP contribution in [0.3, 0.4) is 0 Å². The number of carbonyl (C=O) groups is 5. The maximum Gasteiger partial charge on any atom is 0.423 e. The lowest BCUT2D eigenvalue weighted by Crippen LogP contribution is -2.49. The van der Waals surface area contributed by atoms with E-state index in [0.29, 0.717) is 71.9 Å². The summed E-state index contributed by atoms with van der Waals surface area (Å²) >= 11 is 5.71. The number of aromatic nitrogens is 3. The van der Waals surface area contributed by atoms with Crippen molar-refractivity contribution in [2.75, 3.05) is 57.5 Å². The third-order valence-electron chi connectivity index (χ3n) is 14.1. The highest BCUT2D eigenvalue weighted by Crippen LogP contribution is 2.38. The molecule has 3 aromatic carbocycles. The third-order valence-corrected chi connectivity index (χ3v) is 18.3. The summed E-state index contributed by atoms with van der Waals surface area (Å²) in [5.41, 5.74) is 4.53. The second kappa shape index (κ2) is 31.3. The number of esters is 4. The number of thiophene rings is 4. The molecule has 1 N–H and O–H groups in total. The second-order valence-corrected chi connectivity index (χ2v) is 23.7. The third kappa shape index (κ3) is 15.6. The topological polar surface area (TPSA) is 245 Å². The summed E-state index contributed by atoms with van der Waals surface area (Å²) in [5, 5.41) is 20.1. The van der Waals surface area contributed by atoms with Crippen molar-refractivity contribution in [1.82, 2.24) is 18.6 Å². The number of carbonyl (C=O) groups excluding carboxylic acids is 5. The summed E-state index contributed by atoms with van der Waals surface area (Å²) < 4.78 is 28.9. The van der Waals surface area contributed by atoms with E-state index >= 15 is 0 Å². The molecule has 1 aliphatic heterocycles. The van der Waals surface area contributed by atoms with E-state index in [4.69, 9.17) is 13.9 Å². The van der Waals surface area contributed by atoms with E-state index in [1.165, 1.54) is 54.5 Å². The predicted octanol–water partition coefficient (Wildman–Crippen LogP) is 10.8. The van der Waals surface area contributed by atoms with Crippen molar-refractivity contribution >= 4 is 111 Å². The lowest BCUT2D eigenvalue weighted by molar-refractivity contribution is -0.153. The Balaban J connectivity index is 0.000000168. The average Bonchev–Trinajstić information content (AvgIpc) is 1.54. The van der Waals surface area contributed by atoms with E-state index in [2.05, 4.69) is 14.4 Å². The maximum atomic E-state index is 13.9. The molecule has 20 nitrogen and oxygen atoms in total. The van der Waals surface area contributed by atoms with E-state index in [-0.39, 0.29) is 61.2 Å². The van der Waals surface area contributed by atoms with Gasteiger partial charge in [-0.1, -0.05) is 97.1 Å². The second-order valence-electron chi connectivity index (χ2n) is 20.2. The molecule has 470 valence electrons. The molecule has 0 spiro atoms. The fourth-order valence-electron chi connectivity index (χ4n) is 9.93. The van der Waals surface area contributed by atoms with Crippen LogP contribution in [0, 0.1) is 20.8 Å². The van der Waals surface area contributed by atoms with Crippen LogP contribution in [-0.4, -0.2) is 106 Å². The number of benzene rings is 3. The van der Waals surface area contributed by atoms with Crippen LogP contribution in [0.4, 0.5) is 5.69 Å².